The number of halogens is 3. The molecule has 118 valence electrons. The highest BCUT2D eigenvalue weighted by Gasteiger charge is 2.31. The van der Waals surface area contributed by atoms with Crippen molar-refractivity contribution in [2.24, 2.45) is 5.92 Å². The summed E-state index contributed by atoms with van der Waals surface area (Å²) in [6, 6.07) is 6.14. The third-order valence-corrected chi connectivity index (χ3v) is 3.50. The molecule has 0 aromatic heterocycles. The first-order valence-electron chi connectivity index (χ1n) is 7.07. The summed E-state index contributed by atoms with van der Waals surface area (Å²) in [4.78, 5) is 0. The van der Waals surface area contributed by atoms with Gasteiger partial charge in [-0.1, -0.05) is 19.9 Å². The molecule has 2 rings (SSSR count). The summed E-state index contributed by atoms with van der Waals surface area (Å²) < 4.78 is 46.2. The molecule has 1 fully saturated rings. The zero-order chi connectivity index (χ0) is 15.5. The van der Waals surface area contributed by atoms with E-state index in [1.54, 1.807) is 12.1 Å². The number of anilines is 1. The van der Waals surface area contributed by atoms with Crippen LogP contribution in [-0.4, -0.2) is 25.1 Å². The highest BCUT2D eigenvalue weighted by atomic mass is 19.4. The molecule has 3 nitrogen and oxygen atoms in total. The maximum Gasteiger partial charge on any atom is 0.573 e. The molecule has 0 aliphatic carbocycles. The molecule has 21 heavy (non-hydrogen) atoms. The van der Waals surface area contributed by atoms with Crippen molar-refractivity contribution in [3.63, 3.8) is 0 Å². The second-order valence-corrected chi connectivity index (χ2v) is 5.59. The molecule has 0 saturated carbocycles. The Bertz CT molecular complexity index is 462. The fraction of sp³-hybridized carbons (Fsp3) is 0.600. The van der Waals surface area contributed by atoms with Crippen molar-refractivity contribution in [2.75, 3.05) is 11.9 Å². The topological polar surface area (TPSA) is 30.5 Å². The van der Waals surface area contributed by atoms with E-state index in [2.05, 4.69) is 23.9 Å². The molecule has 0 spiro atoms. The lowest BCUT2D eigenvalue weighted by molar-refractivity contribution is -0.274. The van der Waals surface area contributed by atoms with Crippen molar-refractivity contribution < 1.29 is 22.6 Å². The normalized spacial score (nSPS) is 23.1. The Morgan fingerprint density at radius 1 is 1.33 bits per heavy atom. The van der Waals surface area contributed by atoms with Crippen LogP contribution < -0.4 is 10.1 Å². The summed E-state index contributed by atoms with van der Waals surface area (Å²) in [5.74, 6) is 0.217. The molecule has 2 unspecified atom stereocenters. The summed E-state index contributed by atoms with van der Waals surface area (Å²) in [7, 11) is 0. The molecule has 1 aromatic carbocycles. The fourth-order valence-corrected chi connectivity index (χ4v) is 2.44. The van der Waals surface area contributed by atoms with E-state index in [4.69, 9.17) is 4.74 Å². The molecule has 6 heteroatoms. The predicted molar refractivity (Wildman–Crippen MR) is 74.3 cm³/mol. The standard InChI is InChI=1S/C15H20F3NO2/c1-10(2)14-9-12(6-7-20-14)19-11-4-3-5-13(8-11)21-15(16,17)18/h3-5,8,10,12,14,19H,6-7,9H2,1-2H3. The van der Waals surface area contributed by atoms with E-state index in [9.17, 15) is 13.2 Å². The fourth-order valence-electron chi connectivity index (χ4n) is 2.44. The number of ether oxygens (including phenoxy) is 2. The maximum atomic E-state index is 12.2. The molecule has 0 amide bonds. The highest BCUT2D eigenvalue weighted by molar-refractivity contribution is 5.49. The van der Waals surface area contributed by atoms with Gasteiger partial charge in [-0.25, -0.2) is 0 Å². The molecule has 1 aromatic rings. The van der Waals surface area contributed by atoms with Crippen LogP contribution in [0.15, 0.2) is 24.3 Å². The van der Waals surface area contributed by atoms with E-state index >= 15 is 0 Å². The monoisotopic (exact) mass is 303 g/mol. The smallest absolute Gasteiger partial charge is 0.406 e. The first kappa shape index (κ1) is 15.9. The van der Waals surface area contributed by atoms with Gasteiger partial charge < -0.3 is 14.8 Å². The van der Waals surface area contributed by atoms with Crippen molar-refractivity contribution >= 4 is 5.69 Å². The first-order valence-corrected chi connectivity index (χ1v) is 7.07. The lowest BCUT2D eigenvalue weighted by Gasteiger charge is -2.33. The van der Waals surface area contributed by atoms with Crippen LogP contribution in [0.25, 0.3) is 0 Å². The number of alkyl halides is 3. The second-order valence-electron chi connectivity index (χ2n) is 5.59. The third-order valence-electron chi connectivity index (χ3n) is 3.50. The van der Waals surface area contributed by atoms with Crippen LogP contribution in [0.2, 0.25) is 0 Å². The Kier molecular flexibility index (Phi) is 4.98. The van der Waals surface area contributed by atoms with Crippen LogP contribution >= 0.6 is 0 Å². The third kappa shape index (κ3) is 5.12. The second kappa shape index (κ2) is 6.56. The Hall–Kier alpha value is -1.43. The number of hydrogen-bond donors (Lipinski definition) is 1. The summed E-state index contributed by atoms with van der Waals surface area (Å²) in [6.45, 7) is 4.87. The lowest BCUT2D eigenvalue weighted by atomic mass is 9.95. The molecule has 1 aliphatic heterocycles. The van der Waals surface area contributed by atoms with Crippen LogP contribution in [-0.2, 0) is 4.74 Å². The van der Waals surface area contributed by atoms with E-state index < -0.39 is 6.36 Å². The van der Waals surface area contributed by atoms with Crippen molar-refractivity contribution in [1.82, 2.24) is 0 Å². The van der Waals surface area contributed by atoms with Gasteiger partial charge >= 0.3 is 6.36 Å². The van der Waals surface area contributed by atoms with Crippen LogP contribution in [0.1, 0.15) is 26.7 Å². The van der Waals surface area contributed by atoms with Gasteiger partial charge in [0.25, 0.3) is 0 Å². The van der Waals surface area contributed by atoms with Gasteiger partial charge in [-0.3, -0.25) is 0 Å². The van der Waals surface area contributed by atoms with Gasteiger partial charge in [-0.05, 0) is 30.9 Å². The zero-order valence-corrected chi connectivity index (χ0v) is 12.1. The predicted octanol–water partition coefficient (Wildman–Crippen LogP) is 4.20. The van der Waals surface area contributed by atoms with Crippen LogP contribution in [0, 0.1) is 5.92 Å². The number of rotatable bonds is 4. The molecule has 0 bridgehead atoms. The minimum absolute atomic E-state index is 0.186. The largest absolute Gasteiger partial charge is 0.573 e. The maximum absolute atomic E-state index is 12.2. The highest BCUT2D eigenvalue weighted by Crippen LogP contribution is 2.27. The van der Waals surface area contributed by atoms with Crippen molar-refractivity contribution in [3.8, 4) is 5.75 Å². The summed E-state index contributed by atoms with van der Waals surface area (Å²) >= 11 is 0. The molecule has 1 heterocycles. The van der Waals surface area contributed by atoms with E-state index in [0.717, 1.165) is 12.8 Å². The summed E-state index contributed by atoms with van der Waals surface area (Å²) in [6.07, 6.45) is -2.79. The van der Waals surface area contributed by atoms with Gasteiger partial charge in [0.05, 0.1) is 6.10 Å². The van der Waals surface area contributed by atoms with Crippen molar-refractivity contribution in [2.45, 2.75) is 45.2 Å². The minimum atomic E-state index is -4.67. The van der Waals surface area contributed by atoms with Gasteiger partial charge in [0.15, 0.2) is 0 Å². The minimum Gasteiger partial charge on any atom is -0.406 e. The number of benzene rings is 1. The SMILES string of the molecule is CC(C)C1CC(Nc2cccc(OC(F)(F)F)c2)CCO1. The molecule has 0 radical (unpaired) electrons. The van der Waals surface area contributed by atoms with Crippen LogP contribution in [0.3, 0.4) is 0 Å². The quantitative estimate of drug-likeness (QED) is 0.904. The van der Waals surface area contributed by atoms with Gasteiger partial charge in [-0.15, -0.1) is 13.2 Å². The van der Waals surface area contributed by atoms with Gasteiger partial charge in [0.1, 0.15) is 5.75 Å². The van der Waals surface area contributed by atoms with Crippen molar-refractivity contribution in [3.05, 3.63) is 24.3 Å². The van der Waals surface area contributed by atoms with Gasteiger partial charge in [0, 0.05) is 24.4 Å². The average molecular weight is 303 g/mol. The summed E-state index contributed by atoms with van der Waals surface area (Å²) in [5, 5.41) is 3.26. The Morgan fingerprint density at radius 2 is 2.10 bits per heavy atom. The van der Waals surface area contributed by atoms with E-state index in [0.29, 0.717) is 18.2 Å². The molecule has 1 N–H and O–H groups in total. The molecular formula is C15H20F3NO2. The number of nitrogens with one attached hydrogen (secondary N) is 1. The van der Waals surface area contributed by atoms with E-state index in [1.807, 2.05) is 0 Å². The van der Waals surface area contributed by atoms with E-state index in [-0.39, 0.29) is 17.9 Å². The Labute approximate surface area is 122 Å². The van der Waals surface area contributed by atoms with Gasteiger partial charge in [-0.2, -0.15) is 0 Å². The summed E-state index contributed by atoms with van der Waals surface area (Å²) in [5.41, 5.74) is 0.631. The van der Waals surface area contributed by atoms with Crippen molar-refractivity contribution in [1.29, 1.82) is 0 Å². The zero-order valence-electron chi connectivity index (χ0n) is 12.1. The molecule has 1 aliphatic rings. The van der Waals surface area contributed by atoms with Crippen LogP contribution in [0.4, 0.5) is 18.9 Å². The molecular weight excluding hydrogens is 283 g/mol. The molecule has 2 atom stereocenters. The molecule has 1 saturated heterocycles. The van der Waals surface area contributed by atoms with E-state index in [1.165, 1.54) is 12.1 Å². The lowest BCUT2D eigenvalue weighted by Crippen LogP contribution is -2.36. The van der Waals surface area contributed by atoms with Gasteiger partial charge in [0.2, 0.25) is 0 Å². The number of hydrogen-bond acceptors (Lipinski definition) is 3. The first-order chi connectivity index (χ1) is 9.83. The Morgan fingerprint density at radius 3 is 2.76 bits per heavy atom. The Balaban J connectivity index is 1.98. The average Bonchev–Trinajstić information content (AvgIpc) is 2.37. The van der Waals surface area contributed by atoms with Crippen LogP contribution in [0.5, 0.6) is 5.75 Å².